The van der Waals surface area contributed by atoms with Crippen molar-refractivity contribution >= 4 is 17.6 Å². The van der Waals surface area contributed by atoms with Crippen LogP contribution in [0.5, 0.6) is 0 Å². The van der Waals surface area contributed by atoms with Gasteiger partial charge in [-0.05, 0) is 42.4 Å². The predicted octanol–water partition coefficient (Wildman–Crippen LogP) is 3.24. The Morgan fingerprint density at radius 1 is 1.24 bits per heavy atom. The zero-order chi connectivity index (χ0) is 15.6. The lowest BCUT2D eigenvalue weighted by Crippen LogP contribution is -2.18. The fourth-order valence-electron chi connectivity index (χ4n) is 1.60. The standard InChI is InChI=1S/C13H11F3N4S/c1-7-5-19-12(20-6-7)21-8-2-3-9(11(17)18)10(4-8)13(14,15)16/h2-6H,1H3,(H3,17,18). The van der Waals surface area contributed by atoms with E-state index in [1.807, 2.05) is 6.92 Å². The van der Waals surface area contributed by atoms with Crippen LogP contribution in [0.3, 0.4) is 0 Å². The highest BCUT2D eigenvalue weighted by Gasteiger charge is 2.34. The number of hydrogen-bond acceptors (Lipinski definition) is 4. The number of aromatic nitrogens is 2. The molecule has 0 saturated carbocycles. The number of rotatable bonds is 3. The summed E-state index contributed by atoms with van der Waals surface area (Å²) in [6.07, 6.45) is -1.40. The first kappa shape index (κ1) is 15.3. The highest BCUT2D eigenvalue weighted by molar-refractivity contribution is 7.99. The summed E-state index contributed by atoms with van der Waals surface area (Å²) in [5.41, 5.74) is 4.77. The van der Waals surface area contributed by atoms with E-state index in [2.05, 4.69) is 9.97 Å². The molecule has 2 rings (SSSR count). The molecule has 0 aliphatic carbocycles. The Morgan fingerprint density at radius 3 is 2.38 bits per heavy atom. The van der Waals surface area contributed by atoms with Gasteiger partial charge in [-0.3, -0.25) is 5.41 Å². The van der Waals surface area contributed by atoms with E-state index in [0.29, 0.717) is 10.1 Å². The van der Waals surface area contributed by atoms with Crippen LogP contribution >= 0.6 is 11.8 Å². The molecule has 0 fully saturated rings. The molecule has 1 aromatic heterocycles. The lowest BCUT2D eigenvalue weighted by molar-refractivity contribution is -0.137. The fraction of sp³-hybridized carbons (Fsp3) is 0.154. The van der Waals surface area contributed by atoms with Gasteiger partial charge in [0.25, 0.3) is 0 Å². The fourth-order valence-corrected chi connectivity index (χ4v) is 2.33. The van der Waals surface area contributed by atoms with Crippen LogP contribution in [0.1, 0.15) is 16.7 Å². The van der Waals surface area contributed by atoms with E-state index in [9.17, 15) is 13.2 Å². The van der Waals surface area contributed by atoms with Gasteiger partial charge in [-0.25, -0.2) is 9.97 Å². The summed E-state index contributed by atoms with van der Waals surface area (Å²) >= 11 is 1.01. The van der Waals surface area contributed by atoms with Crippen LogP contribution in [0.2, 0.25) is 0 Å². The molecule has 4 nitrogen and oxygen atoms in total. The van der Waals surface area contributed by atoms with E-state index < -0.39 is 17.6 Å². The first-order chi connectivity index (χ1) is 9.77. The summed E-state index contributed by atoms with van der Waals surface area (Å²) in [5.74, 6) is -0.620. The van der Waals surface area contributed by atoms with Crippen molar-refractivity contribution < 1.29 is 13.2 Å². The molecule has 0 aliphatic heterocycles. The minimum Gasteiger partial charge on any atom is -0.384 e. The molecular weight excluding hydrogens is 301 g/mol. The molecule has 0 spiro atoms. The molecule has 3 N–H and O–H groups in total. The number of nitrogens with zero attached hydrogens (tertiary/aromatic N) is 2. The molecule has 0 amide bonds. The Morgan fingerprint density at radius 2 is 1.86 bits per heavy atom. The topological polar surface area (TPSA) is 75.7 Å². The highest BCUT2D eigenvalue weighted by atomic mass is 32.2. The van der Waals surface area contributed by atoms with Crippen LogP contribution in [0.15, 0.2) is 40.6 Å². The average Bonchev–Trinajstić information content (AvgIpc) is 2.40. The molecule has 0 aliphatic rings. The maximum atomic E-state index is 13.0. The number of halogens is 3. The number of amidine groups is 1. The summed E-state index contributed by atoms with van der Waals surface area (Å²) < 4.78 is 39.0. The molecule has 0 unspecified atom stereocenters. The predicted molar refractivity (Wildman–Crippen MR) is 73.4 cm³/mol. The summed E-state index contributed by atoms with van der Waals surface area (Å²) in [6, 6.07) is 3.59. The van der Waals surface area contributed by atoms with Crippen molar-refractivity contribution in [3.63, 3.8) is 0 Å². The molecule has 0 atom stereocenters. The number of alkyl halides is 3. The number of aryl methyl sites for hydroxylation is 1. The van der Waals surface area contributed by atoms with Gasteiger partial charge in [-0.15, -0.1) is 0 Å². The van der Waals surface area contributed by atoms with Crippen LogP contribution in [-0.2, 0) is 6.18 Å². The average molecular weight is 312 g/mol. The second kappa shape index (κ2) is 5.72. The Bertz CT molecular complexity index is 668. The van der Waals surface area contributed by atoms with Gasteiger partial charge in [0, 0.05) is 22.9 Å². The number of hydrogen-bond donors (Lipinski definition) is 2. The maximum absolute atomic E-state index is 13.0. The summed E-state index contributed by atoms with van der Waals surface area (Å²) in [7, 11) is 0. The van der Waals surface area contributed by atoms with Crippen LogP contribution in [0.25, 0.3) is 0 Å². The largest absolute Gasteiger partial charge is 0.417 e. The SMILES string of the molecule is Cc1cnc(Sc2ccc(C(=N)N)c(C(F)(F)F)c2)nc1. The monoisotopic (exact) mass is 312 g/mol. The number of nitrogens with two attached hydrogens (primary N) is 1. The van der Waals surface area contributed by atoms with Crippen LogP contribution in [-0.4, -0.2) is 15.8 Å². The third kappa shape index (κ3) is 3.72. The van der Waals surface area contributed by atoms with Crippen molar-refractivity contribution in [2.24, 2.45) is 5.73 Å². The van der Waals surface area contributed by atoms with Gasteiger partial charge in [0.05, 0.1) is 5.56 Å². The third-order valence-electron chi connectivity index (χ3n) is 2.55. The Balaban J connectivity index is 2.38. The smallest absolute Gasteiger partial charge is 0.384 e. The maximum Gasteiger partial charge on any atom is 0.417 e. The molecule has 8 heteroatoms. The van der Waals surface area contributed by atoms with Gasteiger partial charge in [-0.1, -0.05) is 0 Å². The van der Waals surface area contributed by atoms with Crippen LogP contribution in [0, 0.1) is 12.3 Å². The van der Waals surface area contributed by atoms with Gasteiger partial charge in [0.15, 0.2) is 5.16 Å². The van der Waals surface area contributed by atoms with Crippen molar-refractivity contribution in [2.75, 3.05) is 0 Å². The van der Waals surface area contributed by atoms with Gasteiger partial charge < -0.3 is 5.73 Å². The Kier molecular flexibility index (Phi) is 4.17. The van der Waals surface area contributed by atoms with Crippen molar-refractivity contribution in [2.45, 2.75) is 23.2 Å². The second-order valence-corrected chi connectivity index (χ2v) is 5.30. The number of nitrogen functional groups attached to an aromatic ring is 1. The zero-order valence-electron chi connectivity index (χ0n) is 10.9. The lowest BCUT2D eigenvalue weighted by Gasteiger charge is -2.13. The van der Waals surface area contributed by atoms with E-state index in [1.165, 1.54) is 12.1 Å². The van der Waals surface area contributed by atoms with Crippen LogP contribution in [0.4, 0.5) is 13.2 Å². The van der Waals surface area contributed by atoms with Crippen molar-refractivity contribution in [1.29, 1.82) is 5.41 Å². The lowest BCUT2D eigenvalue weighted by atomic mass is 10.1. The Hall–Kier alpha value is -2.09. The van der Waals surface area contributed by atoms with E-state index in [4.69, 9.17) is 11.1 Å². The van der Waals surface area contributed by atoms with Gasteiger partial charge >= 0.3 is 6.18 Å². The van der Waals surface area contributed by atoms with Crippen LogP contribution < -0.4 is 5.73 Å². The van der Waals surface area contributed by atoms with Gasteiger partial charge in [0.2, 0.25) is 0 Å². The van der Waals surface area contributed by atoms with Crippen molar-refractivity contribution in [1.82, 2.24) is 9.97 Å². The second-order valence-electron chi connectivity index (χ2n) is 4.26. The first-order valence-corrected chi connectivity index (χ1v) is 6.61. The zero-order valence-corrected chi connectivity index (χ0v) is 11.7. The van der Waals surface area contributed by atoms with Gasteiger partial charge in [-0.2, -0.15) is 13.2 Å². The third-order valence-corrected chi connectivity index (χ3v) is 3.44. The van der Waals surface area contributed by atoms with Crippen molar-refractivity contribution in [3.8, 4) is 0 Å². The van der Waals surface area contributed by atoms with E-state index in [1.54, 1.807) is 12.4 Å². The number of nitrogens with one attached hydrogen (secondary N) is 1. The minimum absolute atomic E-state index is 0.330. The van der Waals surface area contributed by atoms with E-state index in [-0.39, 0.29) is 5.56 Å². The van der Waals surface area contributed by atoms with Crippen molar-refractivity contribution in [3.05, 3.63) is 47.3 Å². The summed E-state index contributed by atoms with van der Waals surface area (Å²) in [4.78, 5) is 8.38. The normalized spacial score (nSPS) is 11.4. The Labute approximate surface area is 123 Å². The summed E-state index contributed by atoms with van der Waals surface area (Å²) in [6.45, 7) is 1.82. The summed E-state index contributed by atoms with van der Waals surface area (Å²) in [5, 5.41) is 7.57. The van der Waals surface area contributed by atoms with Gasteiger partial charge in [0.1, 0.15) is 5.84 Å². The molecule has 0 radical (unpaired) electrons. The minimum atomic E-state index is -4.58. The van der Waals surface area contributed by atoms with E-state index >= 15 is 0 Å². The molecule has 110 valence electrons. The molecule has 21 heavy (non-hydrogen) atoms. The molecular formula is C13H11F3N4S. The first-order valence-electron chi connectivity index (χ1n) is 5.79. The molecule has 0 saturated heterocycles. The highest BCUT2D eigenvalue weighted by Crippen LogP contribution is 2.35. The molecule has 0 bridgehead atoms. The molecule has 1 heterocycles. The number of benzene rings is 1. The van der Waals surface area contributed by atoms with E-state index in [0.717, 1.165) is 23.4 Å². The molecule has 1 aromatic carbocycles. The quantitative estimate of drug-likeness (QED) is 0.518. The molecule has 2 aromatic rings.